The van der Waals surface area contributed by atoms with Gasteiger partial charge in [-0.25, -0.2) is 0 Å². The van der Waals surface area contributed by atoms with Gasteiger partial charge in [0.25, 0.3) is 0 Å². The van der Waals surface area contributed by atoms with Crippen molar-refractivity contribution in [2.24, 2.45) is 5.73 Å². The van der Waals surface area contributed by atoms with Crippen LogP contribution in [0.3, 0.4) is 0 Å². The van der Waals surface area contributed by atoms with E-state index < -0.39 is 11.5 Å². The summed E-state index contributed by atoms with van der Waals surface area (Å²) >= 11 is 0. The molecule has 1 rings (SSSR count). The highest BCUT2D eigenvalue weighted by molar-refractivity contribution is 5.78. The van der Waals surface area contributed by atoms with E-state index in [1.165, 1.54) is 6.92 Å². The molecule has 0 aliphatic heterocycles. The third kappa shape index (κ3) is 4.07. The first-order valence-electron chi connectivity index (χ1n) is 5.69. The van der Waals surface area contributed by atoms with Gasteiger partial charge in [-0.15, -0.1) is 0 Å². The van der Waals surface area contributed by atoms with Gasteiger partial charge < -0.3 is 15.6 Å². The minimum Gasteiger partial charge on any atom is -0.494 e. The second-order valence-electron chi connectivity index (χ2n) is 4.39. The monoisotopic (exact) mass is 237 g/mol. The fourth-order valence-corrected chi connectivity index (χ4v) is 1.42. The molecule has 0 aliphatic rings. The molecular weight excluding hydrogens is 218 g/mol. The van der Waals surface area contributed by atoms with Crippen LogP contribution in [0.4, 0.5) is 0 Å². The Morgan fingerprint density at radius 2 is 2.00 bits per heavy atom. The van der Waals surface area contributed by atoms with Gasteiger partial charge in [-0.3, -0.25) is 4.79 Å². The lowest BCUT2D eigenvalue weighted by atomic mass is 9.94. The van der Waals surface area contributed by atoms with E-state index in [-0.39, 0.29) is 0 Å². The maximum Gasteiger partial charge on any atom is 0.323 e. The summed E-state index contributed by atoms with van der Waals surface area (Å²) in [6, 6.07) is 7.37. The van der Waals surface area contributed by atoms with Crippen LogP contribution in [0.15, 0.2) is 24.3 Å². The fourth-order valence-electron chi connectivity index (χ4n) is 1.42. The second kappa shape index (κ2) is 5.68. The van der Waals surface area contributed by atoms with Crippen molar-refractivity contribution in [2.45, 2.75) is 32.2 Å². The topological polar surface area (TPSA) is 72.5 Å². The average Bonchev–Trinajstić information content (AvgIpc) is 2.27. The van der Waals surface area contributed by atoms with Crippen LogP contribution in [-0.4, -0.2) is 23.2 Å². The standard InChI is InChI=1S/C13H19NO3/c1-3-8-17-11-6-4-10(5-7-11)9-13(2,14)12(15)16/h4-7H,3,8-9,14H2,1-2H3,(H,15,16)/t13-/m0/s1. The molecule has 0 radical (unpaired) electrons. The van der Waals surface area contributed by atoms with Crippen molar-refractivity contribution in [2.75, 3.05) is 6.61 Å². The first-order valence-corrected chi connectivity index (χ1v) is 5.69. The molecule has 0 heterocycles. The van der Waals surface area contributed by atoms with Gasteiger partial charge in [0.2, 0.25) is 0 Å². The number of ether oxygens (including phenoxy) is 1. The van der Waals surface area contributed by atoms with Crippen LogP contribution in [-0.2, 0) is 11.2 Å². The molecule has 4 nitrogen and oxygen atoms in total. The number of hydrogen-bond acceptors (Lipinski definition) is 3. The van der Waals surface area contributed by atoms with E-state index in [2.05, 4.69) is 0 Å². The van der Waals surface area contributed by atoms with Gasteiger partial charge in [0.05, 0.1) is 6.61 Å². The van der Waals surface area contributed by atoms with Crippen molar-refractivity contribution in [3.63, 3.8) is 0 Å². The lowest BCUT2D eigenvalue weighted by Gasteiger charge is -2.19. The number of carbonyl (C=O) groups is 1. The third-order valence-corrected chi connectivity index (χ3v) is 2.46. The molecule has 0 aromatic heterocycles. The molecule has 0 amide bonds. The largest absolute Gasteiger partial charge is 0.494 e. The van der Waals surface area contributed by atoms with Crippen LogP contribution in [0.5, 0.6) is 5.75 Å². The van der Waals surface area contributed by atoms with Gasteiger partial charge in [0, 0.05) is 6.42 Å². The highest BCUT2D eigenvalue weighted by Crippen LogP contribution is 2.16. The summed E-state index contributed by atoms with van der Waals surface area (Å²) in [6.45, 7) is 4.24. The van der Waals surface area contributed by atoms with Gasteiger partial charge in [-0.1, -0.05) is 19.1 Å². The lowest BCUT2D eigenvalue weighted by molar-refractivity contribution is -0.142. The number of nitrogens with two attached hydrogens (primary N) is 1. The third-order valence-electron chi connectivity index (χ3n) is 2.46. The molecule has 0 spiro atoms. The summed E-state index contributed by atoms with van der Waals surface area (Å²) in [5, 5.41) is 8.92. The Hall–Kier alpha value is -1.55. The predicted octanol–water partition coefficient (Wildman–Crippen LogP) is 1.82. The number of hydrogen-bond donors (Lipinski definition) is 2. The van der Waals surface area contributed by atoms with Crippen LogP contribution in [0.2, 0.25) is 0 Å². The summed E-state index contributed by atoms with van der Waals surface area (Å²) in [4.78, 5) is 10.9. The Morgan fingerprint density at radius 3 is 2.47 bits per heavy atom. The van der Waals surface area contributed by atoms with Gasteiger partial charge in [-0.2, -0.15) is 0 Å². The van der Waals surface area contributed by atoms with Crippen molar-refractivity contribution < 1.29 is 14.6 Å². The van der Waals surface area contributed by atoms with E-state index in [1.54, 1.807) is 0 Å². The van der Waals surface area contributed by atoms with Crippen molar-refractivity contribution in [3.8, 4) is 5.75 Å². The van der Waals surface area contributed by atoms with E-state index in [4.69, 9.17) is 15.6 Å². The summed E-state index contributed by atoms with van der Waals surface area (Å²) < 4.78 is 5.44. The molecule has 4 heteroatoms. The molecule has 0 fully saturated rings. The number of aliphatic carboxylic acids is 1. The van der Waals surface area contributed by atoms with E-state index in [1.807, 2.05) is 31.2 Å². The normalized spacial score (nSPS) is 14.1. The fraction of sp³-hybridized carbons (Fsp3) is 0.462. The van der Waals surface area contributed by atoms with E-state index in [0.717, 1.165) is 17.7 Å². The van der Waals surface area contributed by atoms with Crippen LogP contribution in [0.1, 0.15) is 25.8 Å². The number of benzene rings is 1. The SMILES string of the molecule is CCCOc1ccc(C[C@](C)(N)C(=O)O)cc1. The average molecular weight is 237 g/mol. The Morgan fingerprint density at radius 1 is 1.41 bits per heavy atom. The quantitative estimate of drug-likeness (QED) is 0.791. The molecule has 0 saturated carbocycles. The molecule has 0 aliphatic carbocycles. The number of rotatable bonds is 6. The van der Waals surface area contributed by atoms with Gasteiger partial charge >= 0.3 is 5.97 Å². The van der Waals surface area contributed by atoms with Gasteiger partial charge in [-0.05, 0) is 31.0 Å². The van der Waals surface area contributed by atoms with Crippen molar-refractivity contribution in [1.29, 1.82) is 0 Å². The van der Waals surface area contributed by atoms with E-state index >= 15 is 0 Å². The highest BCUT2D eigenvalue weighted by atomic mass is 16.5. The van der Waals surface area contributed by atoms with Crippen LogP contribution in [0.25, 0.3) is 0 Å². The first-order chi connectivity index (χ1) is 7.95. The van der Waals surface area contributed by atoms with Gasteiger partial charge in [0.1, 0.15) is 11.3 Å². The van der Waals surface area contributed by atoms with Crippen molar-refractivity contribution >= 4 is 5.97 Å². The Kier molecular flexibility index (Phi) is 4.52. The second-order valence-corrected chi connectivity index (χ2v) is 4.39. The molecule has 1 atom stereocenters. The minimum absolute atomic E-state index is 0.302. The van der Waals surface area contributed by atoms with Crippen LogP contribution in [0, 0.1) is 0 Å². The molecule has 0 bridgehead atoms. The molecule has 1 aromatic carbocycles. The van der Waals surface area contributed by atoms with E-state index in [0.29, 0.717) is 13.0 Å². The minimum atomic E-state index is -1.23. The van der Waals surface area contributed by atoms with Crippen LogP contribution < -0.4 is 10.5 Å². The molecular formula is C13H19NO3. The Labute approximate surface area is 101 Å². The first kappa shape index (κ1) is 13.5. The molecule has 0 saturated heterocycles. The molecule has 94 valence electrons. The summed E-state index contributed by atoms with van der Waals surface area (Å²) in [5.41, 5.74) is 5.34. The zero-order chi connectivity index (χ0) is 12.9. The number of carboxylic acids is 1. The maximum absolute atomic E-state index is 10.9. The molecule has 1 aromatic rings. The zero-order valence-electron chi connectivity index (χ0n) is 10.3. The lowest BCUT2D eigenvalue weighted by Crippen LogP contribution is -2.46. The molecule has 17 heavy (non-hydrogen) atoms. The number of carboxylic acid groups (broad SMARTS) is 1. The predicted molar refractivity (Wildman–Crippen MR) is 66.2 cm³/mol. The zero-order valence-corrected chi connectivity index (χ0v) is 10.3. The summed E-state index contributed by atoms with van der Waals surface area (Å²) in [5.74, 6) is -0.201. The van der Waals surface area contributed by atoms with Crippen molar-refractivity contribution in [3.05, 3.63) is 29.8 Å². The molecule has 0 unspecified atom stereocenters. The Balaban J connectivity index is 2.65. The maximum atomic E-state index is 10.9. The van der Waals surface area contributed by atoms with Crippen molar-refractivity contribution in [1.82, 2.24) is 0 Å². The summed E-state index contributed by atoms with van der Waals surface area (Å²) in [7, 11) is 0. The summed E-state index contributed by atoms with van der Waals surface area (Å²) in [6.07, 6.45) is 1.26. The van der Waals surface area contributed by atoms with Crippen LogP contribution >= 0.6 is 0 Å². The smallest absolute Gasteiger partial charge is 0.323 e. The van der Waals surface area contributed by atoms with E-state index in [9.17, 15) is 4.79 Å². The molecule has 3 N–H and O–H groups in total. The highest BCUT2D eigenvalue weighted by Gasteiger charge is 2.27. The van der Waals surface area contributed by atoms with Gasteiger partial charge in [0.15, 0.2) is 0 Å². The Bertz CT molecular complexity index is 371.